The number of amides is 2. The molecule has 8 heteroatoms. The lowest BCUT2D eigenvalue weighted by atomic mass is 9.90. The largest absolute Gasteiger partial charge is 0.416 e. The third-order valence-electron chi connectivity index (χ3n) is 6.08. The SMILES string of the molecule is Cc1ccccc1C1c2ccsc2CCN1C(=O)CCC(=O)NCc1cccc(C(F)(F)F)c1. The predicted octanol–water partition coefficient (Wildman–Crippen LogP) is 5.65. The number of carbonyl (C=O) groups is 2. The number of aryl methyl sites for hydroxylation is 1. The van der Waals surface area contributed by atoms with Crippen LogP contribution in [0.1, 0.15) is 51.6 Å². The number of fused-ring (bicyclic) bond motifs is 1. The molecule has 1 N–H and O–H groups in total. The maximum Gasteiger partial charge on any atom is 0.416 e. The maximum atomic E-state index is 13.2. The van der Waals surface area contributed by atoms with Crippen LogP contribution in [0.3, 0.4) is 0 Å². The molecule has 4 nitrogen and oxygen atoms in total. The van der Waals surface area contributed by atoms with E-state index in [-0.39, 0.29) is 37.2 Å². The summed E-state index contributed by atoms with van der Waals surface area (Å²) >= 11 is 1.70. The van der Waals surface area contributed by atoms with E-state index in [0.717, 1.165) is 35.2 Å². The lowest BCUT2D eigenvalue weighted by Gasteiger charge is -2.37. The highest BCUT2D eigenvalue weighted by Crippen LogP contribution is 2.39. The van der Waals surface area contributed by atoms with Crippen molar-refractivity contribution in [2.75, 3.05) is 6.54 Å². The van der Waals surface area contributed by atoms with E-state index < -0.39 is 11.7 Å². The molecule has 1 atom stereocenters. The first-order valence-electron chi connectivity index (χ1n) is 11.1. The Labute approximate surface area is 200 Å². The number of nitrogens with one attached hydrogen (secondary N) is 1. The van der Waals surface area contributed by atoms with Crippen molar-refractivity contribution in [3.05, 3.63) is 92.7 Å². The van der Waals surface area contributed by atoms with E-state index in [1.807, 2.05) is 41.5 Å². The Morgan fingerprint density at radius 2 is 1.85 bits per heavy atom. The van der Waals surface area contributed by atoms with Crippen molar-refractivity contribution in [2.45, 2.75) is 44.9 Å². The van der Waals surface area contributed by atoms with Gasteiger partial charge in [0.2, 0.25) is 11.8 Å². The van der Waals surface area contributed by atoms with E-state index in [1.165, 1.54) is 17.0 Å². The first kappa shape index (κ1) is 24.0. The van der Waals surface area contributed by atoms with Crippen LogP contribution < -0.4 is 5.32 Å². The average molecular weight is 487 g/mol. The van der Waals surface area contributed by atoms with Gasteiger partial charge in [0.05, 0.1) is 11.6 Å². The Hall–Kier alpha value is -3.13. The highest BCUT2D eigenvalue weighted by molar-refractivity contribution is 7.10. The van der Waals surface area contributed by atoms with E-state index in [4.69, 9.17) is 0 Å². The van der Waals surface area contributed by atoms with Crippen molar-refractivity contribution in [2.24, 2.45) is 0 Å². The molecule has 34 heavy (non-hydrogen) atoms. The third-order valence-corrected chi connectivity index (χ3v) is 7.08. The van der Waals surface area contributed by atoms with Crippen LogP contribution in [-0.4, -0.2) is 23.3 Å². The van der Waals surface area contributed by atoms with Crippen LogP contribution >= 0.6 is 11.3 Å². The Kier molecular flexibility index (Phi) is 7.07. The molecule has 0 saturated carbocycles. The fourth-order valence-electron chi connectivity index (χ4n) is 4.32. The highest BCUT2D eigenvalue weighted by atomic mass is 32.1. The fraction of sp³-hybridized carbons (Fsp3) is 0.308. The number of hydrogen-bond acceptors (Lipinski definition) is 3. The Morgan fingerprint density at radius 1 is 1.06 bits per heavy atom. The van der Waals surface area contributed by atoms with Crippen LogP contribution in [0.25, 0.3) is 0 Å². The minimum atomic E-state index is -4.43. The molecule has 0 radical (unpaired) electrons. The lowest BCUT2D eigenvalue weighted by molar-refractivity contribution is -0.137. The molecule has 0 fully saturated rings. The van der Waals surface area contributed by atoms with Gasteiger partial charge >= 0.3 is 6.18 Å². The van der Waals surface area contributed by atoms with Gasteiger partial charge in [-0.3, -0.25) is 9.59 Å². The highest BCUT2D eigenvalue weighted by Gasteiger charge is 2.33. The zero-order valence-corrected chi connectivity index (χ0v) is 19.5. The molecule has 0 saturated heterocycles. The molecule has 2 heterocycles. The topological polar surface area (TPSA) is 49.4 Å². The zero-order chi connectivity index (χ0) is 24.3. The van der Waals surface area contributed by atoms with Gasteiger partial charge in [-0.1, -0.05) is 36.4 Å². The van der Waals surface area contributed by atoms with Gasteiger partial charge in [-0.15, -0.1) is 11.3 Å². The minimum Gasteiger partial charge on any atom is -0.352 e. The Morgan fingerprint density at radius 3 is 2.62 bits per heavy atom. The average Bonchev–Trinajstić information content (AvgIpc) is 3.30. The molecule has 178 valence electrons. The van der Waals surface area contributed by atoms with Crippen molar-refractivity contribution in [3.63, 3.8) is 0 Å². The van der Waals surface area contributed by atoms with Gasteiger partial charge in [0.25, 0.3) is 0 Å². The number of hydrogen-bond donors (Lipinski definition) is 1. The normalized spacial score (nSPS) is 15.6. The second-order valence-corrected chi connectivity index (χ2v) is 9.37. The first-order valence-corrected chi connectivity index (χ1v) is 12.0. The van der Waals surface area contributed by atoms with Gasteiger partial charge in [0.15, 0.2) is 0 Å². The van der Waals surface area contributed by atoms with Gasteiger partial charge in [-0.2, -0.15) is 13.2 Å². The molecule has 0 bridgehead atoms. The van der Waals surface area contributed by atoms with Crippen LogP contribution in [-0.2, 0) is 28.7 Å². The minimum absolute atomic E-state index is 0.0225. The van der Waals surface area contributed by atoms with E-state index in [0.29, 0.717) is 12.1 Å². The summed E-state index contributed by atoms with van der Waals surface area (Å²) in [6.45, 7) is 2.59. The van der Waals surface area contributed by atoms with Crippen LogP contribution in [0.4, 0.5) is 13.2 Å². The van der Waals surface area contributed by atoms with Crippen LogP contribution in [0.15, 0.2) is 60.0 Å². The standard InChI is InChI=1S/C26H25F3N2O2S/c1-17-5-2-3-8-20(17)25-21-12-14-34-22(21)11-13-31(25)24(33)10-9-23(32)30-16-18-6-4-7-19(15-18)26(27,28)29/h2-8,12,14-15,25H,9-11,13,16H2,1H3,(H,30,32). The molecule has 2 aromatic carbocycles. The van der Waals surface area contributed by atoms with Crippen molar-refractivity contribution >= 4 is 23.2 Å². The quantitative estimate of drug-likeness (QED) is 0.490. The van der Waals surface area contributed by atoms with Crippen LogP contribution in [0, 0.1) is 6.92 Å². The monoisotopic (exact) mass is 486 g/mol. The molecule has 1 unspecified atom stereocenters. The van der Waals surface area contributed by atoms with Gasteiger partial charge in [-0.25, -0.2) is 0 Å². The van der Waals surface area contributed by atoms with Crippen molar-refractivity contribution in [3.8, 4) is 0 Å². The maximum absolute atomic E-state index is 13.2. The summed E-state index contributed by atoms with van der Waals surface area (Å²) in [7, 11) is 0. The summed E-state index contributed by atoms with van der Waals surface area (Å²) in [5, 5.41) is 4.67. The van der Waals surface area contributed by atoms with Crippen molar-refractivity contribution in [1.82, 2.24) is 10.2 Å². The molecule has 1 aliphatic rings. The summed E-state index contributed by atoms with van der Waals surface area (Å²) in [5.74, 6) is -0.481. The van der Waals surface area contributed by atoms with Gasteiger partial charge < -0.3 is 10.2 Å². The van der Waals surface area contributed by atoms with Gasteiger partial charge in [0.1, 0.15) is 0 Å². The zero-order valence-electron chi connectivity index (χ0n) is 18.7. The summed E-state index contributed by atoms with van der Waals surface area (Å²) in [5.41, 5.74) is 2.91. The lowest BCUT2D eigenvalue weighted by Crippen LogP contribution is -2.40. The van der Waals surface area contributed by atoms with Crippen LogP contribution in [0.5, 0.6) is 0 Å². The van der Waals surface area contributed by atoms with E-state index in [2.05, 4.69) is 11.4 Å². The molecule has 0 spiro atoms. The summed E-state index contributed by atoms with van der Waals surface area (Å²) in [6, 6.07) is 14.7. The Balaban J connectivity index is 1.39. The van der Waals surface area contributed by atoms with Crippen molar-refractivity contribution in [1.29, 1.82) is 0 Å². The predicted molar refractivity (Wildman–Crippen MR) is 125 cm³/mol. The summed E-state index contributed by atoms with van der Waals surface area (Å²) in [4.78, 5) is 28.6. The fourth-order valence-corrected chi connectivity index (χ4v) is 5.23. The molecule has 1 aliphatic heterocycles. The van der Waals surface area contributed by atoms with E-state index in [9.17, 15) is 22.8 Å². The second kappa shape index (κ2) is 10.0. The number of nitrogens with zero attached hydrogens (tertiary/aromatic N) is 1. The molecule has 2 amide bonds. The third kappa shape index (κ3) is 5.33. The Bertz CT molecular complexity index is 1190. The molecule has 4 rings (SSSR count). The smallest absolute Gasteiger partial charge is 0.352 e. The number of halogens is 3. The second-order valence-electron chi connectivity index (χ2n) is 8.37. The van der Waals surface area contributed by atoms with E-state index >= 15 is 0 Å². The van der Waals surface area contributed by atoms with E-state index in [1.54, 1.807) is 11.3 Å². The van der Waals surface area contributed by atoms with Crippen molar-refractivity contribution < 1.29 is 22.8 Å². The molecular formula is C26H25F3N2O2S. The number of alkyl halides is 3. The molecular weight excluding hydrogens is 461 g/mol. The number of thiophene rings is 1. The number of benzene rings is 2. The number of carbonyl (C=O) groups excluding carboxylic acids is 2. The number of rotatable bonds is 6. The molecule has 1 aromatic heterocycles. The van der Waals surface area contributed by atoms with Gasteiger partial charge in [-0.05, 0) is 59.2 Å². The molecule has 3 aromatic rings. The first-order chi connectivity index (χ1) is 16.2. The summed E-state index contributed by atoms with van der Waals surface area (Å²) in [6.07, 6.45) is -3.64. The molecule has 0 aliphatic carbocycles. The van der Waals surface area contributed by atoms with Gasteiger partial charge in [0, 0.05) is 30.8 Å². The van der Waals surface area contributed by atoms with Crippen LogP contribution in [0.2, 0.25) is 0 Å². The summed E-state index contributed by atoms with van der Waals surface area (Å²) < 4.78 is 38.6.